The van der Waals surface area contributed by atoms with Crippen molar-refractivity contribution in [1.82, 2.24) is 9.80 Å². The lowest BCUT2D eigenvalue weighted by atomic mass is 10.1. The molecular weight excluding hydrogens is 286 g/mol. The lowest BCUT2D eigenvalue weighted by molar-refractivity contribution is -0.130. The first-order valence-electron chi connectivity index (χ1n) is 8.95. The van der Waals surface area contributed by atoms with Gasteiger partial charge in [0.15, 0.2) is 0 Å². The van der Waals surface area contributed by atoms with Gasteiger partial charge in [0.05, 0.1) is 0 Å². The molecule has 2 unspecified atom stereocenters. The van der Waals surface area contributed by atoms with Crippen LogP contribution in [-0.2, 0) is 11.3 Å². The normalized spacial score (nSPS) is 25.6. The first-order chi connectivity index (χ1) is 11.1. The van der Waals surface area contributed by atoms with Gasteiger partial charge in [0, 0.05) is 51.4 Å². The molecule has 126 valence electrons. The molecule has 1 amide bonds. The molecule has 4 nitrogen and oxygen atoms in total. The predicted octanol–water partition coefficient (Wildman–Crippen LogP) is 2.95. The molecule has 2 fully saturated rings. The maximum Gasteiger partial charge on any atom is 0.219 e. The number of carbonyl (C=O) groups excluding carboxylic acids is 1. The first kappa shape index (κ1) is 16.3. The van der Waals surface area contributed by atoms with Gasteiger partial charge in [0.1, 0.15) is 0 Å². The van der Waals surface area contributed by atoms with Crippen molar-refractivity contribution in [3.8, 4) is 0 Å². The average molecular weight is 315 g/mol. The highest BCUT2D eigenvalue weighted by molar-refractivity contribution is 5.73. The Balaban J connectivity index is 1.49. The van der Waals surface area contributed by atoms with E-state index >= 15 is 0 Å². The zero-order valence-corrected chi connectivity index (χ0v) is 14.4. The fraction of sp³-hybridized carbons (Fsp3) is 0.632. The van der Waals surface area contributed by atoms with Crippen molar-refractivity contribution in [3.05, 3.63) is 29.8 Å². The lowest BCUT2D eigenvalue weighted by Gasteiger charge is -2.34. The number of hydrogen-bond acceptors (Lipinski definition) is 3. The van der Waals surface area contributed by atoms with E-state index in [2.05, 4.69) is 41.4 Å². The summed E-state index contributed by atoms with van der Waals surface area (Å²) in [5.41, 5.74) is 2.60. The molecule has 23 heavy (non-hydrogen) atoms. The van der Waals surface area contributed by atoms with Crippen LogP contribution in [-0.4, -0.2) is 47.9 Å². The van der Waals surface area contributed by atoms with Crippen molar-refractivity contribution in [3.63, 3.8) is 0 Å². The van der Waals surface area contributed by atoms with E-state index in [0.717, 1.165) is 38.6 Å². The van der Waals surface area contributed by atoms with Crippen molar-refractivity contribution < 1.29 is 4.79 Å². The molecule has 0 bridgehead atoms. The predicted molar refractivity (Wildman–Crippen MR) is 94.4 cm³/mol. The summed E-state index contributed by atoms with van der Waals surface area (Å²) >= 11 is 0. The van der Waals surface area contributed by atoms with Crippen LogP contribution in [0.3, 0.4) is 0 Å². The van der Waals surface area contributed by atoms with E-state index in [0.29, 0.717) is 6.04 Å². The zero-order chi connectivity index (χ0) is 16.2. The van der Waals surface area contributed by atoms with E-state index in [1.165, 1.54) is 30.5 Å². The molecule has 1 heterocycles. The van der Waals surface area contributed by atoms with Crippen LogP contribution in [0.1, 0.15) is 38.7 Å². The second kappa shape index (κ2) is 7.35. The molecule has 1 aliphatic heterocycles. The van der Waals surface area contributed by atoms with E-state index in [9.17, 15) is 4.79 Å². The van der Waals surface area contributed by atoms with Gasteiger partial charge in [-0.1, -0.05) is 25.5 Å². The van der Waals surface area contributed by atoms with Gasteiger partial charge in [-0.2, -0.15) is 0 Å². The standard InChI is InChI=1S/C19H29N3O/c1-15-4-3-5-19(15)20-18-8-6-17(7-9-18)14-21-10-12-22(13-11-21)16(2)23/h6-9,15,19-20H,3-5,10-14H2,1-2H3. The number of anilines is 1. The first-order valence-corrected chi connectivity index (χ1v) is 8.95. The van der Waals surface area contributed by atoms with Crippen LogP contribution in [0.15, 0.2) is 24.3 Å². The Morgan fingerprint density at radius 3 is 2.39 bits per heavy atom. The third-order valence-electron chi connectivity index (χ3n) is 5.39. The molecule has 1 aliphatic carbocycles. The number of benzene rings is 1. The smallest absolute Gasteiger partial charge is 0.219 e. The second-order valence-corrected chi connectivity index (χ2v) is 7.14. The number of piperazine rings is 1. The average Bonchev–Trinajstić information content (AvgIpc) is 2.95. The van der Waals surface area contributed by atoms with E-state index in [-0.39, 0.29) is 5.91 Å². The van der Waals surface area contributed by atoms with Crippen LogP contribution >= 0.6 is 0 Å². The molecule has 1 saturated heterocycles. The molecule has 0 spiro atoms. The van der Waals surface area contributed by atoms with Gasteiger partial charge in [-0.3, -0.25) is 9.69 Å². The van der Waals surface area contributed by atoms with Crippen molar-refractivity contribution in [2.24, 2.45) is 5.92 Å². The minimum Gasteiger partial charge on any atom is -0.382 e. The SMILES string of the molecule is CC(=O)N1CCN(Cc2ccc(NC3CCCC3C)cc2)CC1. The molecule has 1 saturated carbocycles. The van der Waals surface area contributed by atoms with Gasteiger partial charge >= 0.3 is 0 Å². The zero-order valence-electron chi connectivity index (χ0n) is 14.4. The minimum absolute atomic E-state index is 0.196. The maximum absolute atomic E-state index is 11.4. The summed E-state index contributed by atoms with van der Waals surface area (Å²) in [4.78, 5) is 15.7. The Morgan fingerprint density at radius 2 is 1.83 bits per heavy atom. The van der Waals surface area contributed by atoms with Crippen molar-refractivity contribution >= 4 is 11.6 Å². The quantitative estimate of drug-likeness (QED) is 0.928. The second-order valence-electron chi connectivity index (χ2n) is 7.14. The number of hydrogen-bond donors (Lipinski definition) is 1. The van der Waals surface area contributed by atoms with Gasteiger partial charge in [0.25, 0.3) is 0 Å². The van der Waals surface area contributed by atoms with E-state index < -0.39 is 0 Å². The topological polar surface area (TPSA) is 35.6 Å². The van der Waals surface area contributed by atoms with E-state index in [1.54, 1.807) is 6.92 Å². The number of nitrogens with one attached hydrogen (secondary N) is 1. The molecule has 3 rings (SSSR count). The summed E-state index contributed by atoms with van der Waals surface area (Å²) in [5.74, 6) is 0.980. The summed E-state index contributed by atoms with van der Waals surface area (Å²) in [6.45, 7) is 8.64. The van der Waals surface area contributed by atoms with Crippen molar-refractivity contribution in [2.45, 2.75) is 45.7 Å². The highest BCUT2D eigenvalue weighted by Crippen LogP contribution is 2.28. The maximum atomic E-state index is 11.4. The Labute approximate surface area is 139 Å². The van der Waals surface area contributed by atoms with Crippen LogP contribution in [0.5, 0.6) is 0 Å². The fourth-order valence-corrected chi connectivity index (χ4v) is 3.76. The fourth-order valence-electron chi connectivity index (χ4n) is 3.76. The minimum atomic E-state index is 0.196. The van der Waals surface area contributed by atoms with Gasteiger partial charge < -0.3 is 10.2 Å². The number of nitrogens with zero attached hydrogens (tertiary/aromatic N) is 2. The van der Waals surface area contributed by atoms with Gasteiger partial charge in [0.2, 0.25) is 5.91 Å². The third kappa shape index (κ3) is 4.25. The van der Waals surface area contributed by atoms with Crippen LogP contribution in [0.4, 0.5) is 5.69 Å². The molecule has 0 radical (unpaired) electrons. The number of rotatable bonds is 4. The molecule has 2 aliphatic rings. The van der Waals surface area contributed by atoms with Gasteiger partial charge in [-0.15, -0.1) is 0 Å². The summed E-state index contributed by atoms with van der Waals surface area (Å²) in [6, 6.07) is 9.54. The molecule has 1 aromatic carbocycles. The molecular formula is C19H29N3O. The third-order valence-corrected chi connectivity index (χ3v) is 5.39. The summed E-state index contributed by atoms with van der Waals surface area (Å²) in [5, 5.41) is 3.68. The Bertz CT molecular complexity index is 520. The van der Waals surface area contributed by atoms with Crippen LogP contribution in [0.2, 0.25) is 0 Å². The largest absolute Gasteiger partial charge is 0.382 e. The Kier molecular flexibility index (Phi) is 5.21. The molecule has 0 aromatic heterocycles. The van der Waals surface area contributed by atoms with Gasteiger partial charge in [-0.05, 0) is 36.5 Å². The highest BCUT2D eigenvalue weighted by atomic mass is 16.2. The van der Waals surface area contributed by atoms with Crippen LogP contribution in [0, 0.1) is 5.92 Å². The summed E-state index contributed by atoms with van der Waals surface area (Å²) < 4.78 is 0. The lowest BCUT2D eigenvalue weighted by Crippen LogP contribution is -2.47. The van der Waals surface area contributed by atoms with E-state index in [1.807, 2.05) is 4.90 Å². The van der Waals surface area contributed by atoms with Crippen molar-refractivity contribution in [1.29, 1.82) is 0 Å². The highest BCUT2D eigenvalue weighted by Gasteiger charge is 2.23. The number of carbonyl (C=O) groups is 1. The van der Waals surface area contributed by atoms with Crippen molar-refractivity contribution in [2.75, 3.05) is 31.5 Å². The summed E-state index contributed by atoms with van der Waals surface area (Å²) in [6.07, 6.45) is 3.99. The van der Waals surface area contributed by atoms with E-state index in [4.69, 9.17) is 0 Å². The molecule has 1 aromatic rings. The molecule has 1 N–H and O–H groups in total. The van der Waals surface area contributed by atoms with Crippen LogP contribution < -0.4 is 5.32 Å². The number of amides is 1. The summed E-state index contributed by atoms with van der Waals surface area (Å²) in [7, 11) is 0. The molecule has 4 heteroatoms. The molecule has 2 atom stereocenters. The monoisotopic (exact) mass is 315 g/mol. The Morgan fingerprint density at radius 1 is 1.13 bits per heavy atom. The van der Waals surface area contributed by atoms with Crippen LogP contribution in [0.25, 0.3) is 0 Å². The van der Waals surface area contributed by atoms with Gasteiger partial charge in [-0.25, -0.2) is 0 Å². The Hall–Kier alpha value is -1.55.